The average Bonchev–Trinajstić information content (AvgIpc) is 1.86. The van der Waals surface area contributed by atoms with Crippen LogP contribution in [0, 0.1) is 5.82 Å². The summed E-state index contributed by atoms with van der Waals surface area (Å²) >= 11 is 0. The van der Waals surface area contributed by atoms with E-state index in [0.29, 0.717) is 0 Å². The van der Waals surface area contributed by atoms with Crippen molar-refractivity contribution in [3.8, 4) is 0 Å². The molecule has 0 bridgehead atoms. The predicted octanol–water partition coefficient (Wildman–Crippen LogP) is 0.405. The number of rotatable bonds is 1. The van der Waals surface area contributed by atoms with E-state index in [1.165, 1.54) is 12.1 Å². The molecule has 3 nitrogen and oxygen atoms in total. The molecule has 12 heavy (non-hydrogen) atoms. The molecular weight excluding hydrogens is 183 g/mol. The minimum Gasteiger partial charge on any atom is -0.412 e. The SMILES string of the molecule is CS(=O)(=O)c1ccc(F)cc1.O. The molecule has 1 aromatic rings. The van der Waals surface area contributed by atoms with Gasteiger partial charge in [-0.3, -0.25) is 0 Å². The third-order valence-corrected chi connectivity index (χ3v) is 2.37. The number of sulfone groups is 1. The van der Waals surface area contributed by atoms with Crippen molar-refractivity contribution in [1.82, 2.24) is 0 Å². The molecule has 68 valence electrons. The van der Waals surface area contributed by atoms with E-state index in [0.717, 1.165) is 18.4 Å². The fourth-order valence-electron chi connectivity index (χ4n) is 0.682. The lowest BCUT2D eigenvalue weighted by molar-refractivity contribution is 0.600. The Labute approximate surface area is 70.1 Å². The van der Waals surface area contributed by atoms with Gasteiger partial charge in [0.1, 0.15) is 5.82 Å². The van der Waals surface area contributed by atoms with E-state index in [9.17, 15) is 12.8 Å². The predicted molar refractivity (Wildman–Crippen MR) is 43.1 cm³/mol. The lowest BCUT2D eigenvalue weighted by Crippen LogP contribution is -1.96. The Hall–Kier alpha value is -0.940. The van der Waals surface area contributed by atoms with E-state index in [4.69, 9.17) is 0 Å². The molecule has 0 saturated carbocycles. The third-order valence-electron chi connectivity index (χ3n) is 1.24. The molecule has 0 aliphatic heterocycles. The molecule has 0 fully saturated rings. The number of benzene rings is 1. The maximum absolute atomic E-state index is 12.3. The van der Waals surface area contributed by atoms with Crippen LogP contribution in [0.5, 0.6) is 0 Å². The highest BCUT2D eigenvalue weighted by molar-refractivity contribution is 7.90. The first-order valence-corrected chi connectivity index (χ1v) is 4.85. The van der Waals surface area contributed by atoms with Crippen molar-refractivity contribution in [2.75, 3.05) is 6.26 Å². The van der Waals surface area contributed by atoms with Crippen LogP contribution in [0.4, 0.5) is 4.39 Å². The molecular formula is C7H9FO3S. The topological polar surface area (TPSA) is 65.6 Å². The molecule has 1 aromatic carbocycles. The second-order valence-electron chi connectivity index (χ2n) is 2.23. The van der Waals surface area contributed by atoms with Gasteiger partial charge < -0.3 is 5.48 Å². The zero-order valence-corrected chi connectivity index (χ0v) is 7.23. The summed E-state index contributed by atoms with van der Waals surface area (Å²) in [6.45, 7) is 0. The van der Waals surface area contributed by atoms with Crippen molar-refractivity contribution in [3.63, 3.8) is 0 Å². The van der Waals surface area contributed by atoms with Crippen LogP contribution < -0.4 is 0 Å². The van der Waals surface area contributed by atoms with Crippen molar-refractivity contribution in [2.24, 2.45) is 0 Å². The van der Waals surface area contributed by atoms with Gasteiger partial charge in [-0.05, 0) is 24.3 Å². The summed E-state index contributed by atoms with van der Waals surface area (Å²) in [7, 11) is -3.19. The van der Waals surface area contributed by atoms with E-state index >= 15 is 0 Å². The maximum atomic E-state index is 12.3. The summed E-state index contributed by atoms with van der Waals surface area (Å²) in [6, 6.07) is 4.72. The van der Waals surface area contributed by atoms with Gasteiger partial charge >= 0.3 is 0 Å². The van der Waals surface area contributed by atoms with Crippen LogP contribution in [0.3, 0.4) is 0 Å². The maximum Gasteiger partial charge on any atom is 0.175 e. The second kappa shape index (κ2) is 3.64. The fraction of sp³-hybridized carbons (Fsp3) is 0.143. The van der Waals surface area contributed by atoms with Gasteiger partial charge in [0.25, 0.3) is 0 Å². The van der Waals surface area contributed by atoms with Gasteiger partial charge in [0, 0.05) is 6.26 Å². The Bertz CT molecular complexity index is 341. The molecule has 0 radical (unpaired) electrons. The molecule has 5 heteroatoms. The molecule has 0 aliphatic carbocycles. The smallest absolute Gasteiger partial charge is 0.175 e. The summed E-state index contributed by atoms with van der Waals surface area (Å²) in [5, 5.41) is 0. The van der Waals surface area contributed by atoms with Crippen LogP contribution in [0.15, 0.2) is 29.2 Å². The van der Waals surface area contributed by atoms with Crippen LogP contribution in [0.2, 0.25) is 0 Å². The average molecular weight is 192 g/mol. The minimum absolute atomic E-state index is 0. The molecule has 0 saturated heterocycles. The lowest BCUT2D eigenvalue weighted by atomic mass is 10.4. The molecule has 1 rings (SSSR count). The zero-order chi connectivity index (χ0) is 8.48. The highest BCUT2D eigenvalue weighted by Gasteiger charge is 2.04. The van der Waals surface area contributed by atoms with Crippen LogP contribution in [-0.4, -0.2) is 20.1 Å². The first-order chi connectivity index (χ1) is 5.00. The van der Waals surface area contributed by atoms with Crippen molar-refractivity contribution >= 4 is 9.84 Å². The van der Waals surface area contributed by atoms with E-state index in [-0.39, 0.29) is 10.4 Å². The van der Waals surface area contributed by atoms with E-state index in [1.807, 2.05) is 0 Å². The summed E-state index contributed by atoms with van der Waals surface area (Å²) in [5.41, 5.74) is 0. The van der Waals surface area contributed by atoms with Crippen molar-refractivity contribution in [1.29, 1.82) is 0 Å². The van der Waals surface area contributed by atoms with Gasteiger partial charge in [-0.15, -0.1) is 0 Å². The third kappa shape index (κ3) is 2.60. The summed E-state index contributed by atoms with van der Waals surface area (Å²) in [5.74, 6) is -0.433. The van der Waals surface area contributed by atoms with Crippen LogP contribution in [-0.2, 0) is 9.84 Å². The Morgan fingerprint density at radius 1 is 1.17 bits per heavy atom. The van der Waals surface area contributed by atoms with Crippen LogP contribution >= 0.6 is 0 Å². The van der Waals surface area contributed by atoms with Gasteiger partial charge in [-0.2, -0.15) is 0 Å². The normalized spacial score (nSPS) is 10.5. The molecule has 0 unspecified atom stereocenters. The summed E-state index contributed by atoms with van der Waals surface area (Å²) < 4.78 is 33.9. The van der Waals surface area contributed by atoms with Gasteiger partial charge in [0.15, 0.2) is 9.84 Å². The van der Waals surface area contributed by atoms with Gasteiger partial charge in [0.2, 0.25) is 0 Å². The van der Waals surface area contributed by atoms with E-state index in [2.05, 4.69) is 0 Å². The van der Waals surface area contributed by atoms with Crippen molar-refractivity contribution in [3.05, 3.63) is 30.1 Å². The highest BCUT2D eigenvalue weighted by atomic mass is 32.2. The largest absolute Gasteiger partial charge is 0.412 e. The summed E-state index contributed by atoms with van der Waals surface area (Å²) in [6.07, 6.45) is 1.08. The molecule has 0 atom stereocenters. The molecule has 0 heterocycles. The monoisotopic (exact) mass is 192 g/mol. The lowest BCUT2D eigenvalue weighted by Gasteiger charge is -1.95. The molecule has 0 amide bonds. The first kappa shape index (κ1) is 11.1. The fourth-order valence-corrected chi connectivity index (χ4v) is 1.31. The second-order valence-corrected chi connectivity index (χ2v) is 4.24. The number of halogens is 1. The first-order valence-electron chi connectivity index (χ1n) is 2.96. The molecule has 2 N–H and O–H groups in total. The van der Waals surface area contributed by atoms with Gasteiger partial charge in [0.05, 0.1) is 4.90 Å². The minimum atomic E-state index is -3.19. The van der Waals surface area contributed by atoms with Crippen molar-refractivity contribution in [2.45, 2.75) is 4.90 Å². The van der Waals surface area contributed by atoms with E-state index in [1.54, 1.807) is 0 Å². The Kier molecular flexibility index (Phi) is 3.36. The standard InChI is InChI=1S/C7H7FO2S.H2O/c1-11(9,10)7-4-2-6(8)3-5-7;/h2-5H,1H3;1H2. The van der Waals surface area contributed by atoms with Crippen LogP contribution in [0.1, 0.15) is 0 Å². The quantitative estimate of drug-likeness (QED) is 0.604. The Morgan fingerprint density at radius 3 is 1.92 bits per heavy atom. The number of hydrogen-bond acceptors (Lipinski definition) is 2. The molecule has 0 aromatic heterocycles. The van der Waals surface area contributed by atoms with Gasteiger partial charge in [-0.25, -0.2) is 12.8 Å². The number of hydrogen-bond donors (Lipinski definition) is 0. The van der Waals surface area contributed by atoms with Crippen LogP contribution in [0.25, 0.3) is 0 Å². The van der Waals surface area contributed by atoms with Gasteiger partial charge in [-0.1, -0.05) is 0 Å². The Morgan fingerprint density at radius 2 is 1.58 bits per heavy atom. The molecule has 0 spiro atoms. The molecule has 0 aliphatic rings. The van der Waals surface area contributed by atoms with Crippen molar-refractivity contribution < 1.29 is 18.3 Å². The summed E-state index contributed by atoms with van der Waals surface area (Å²) in [4.78, 5) is 0.138. The zero-order valence-electron chi connectivity index (χ0n) is 6.41. The highest BCUT2D eigenvalue weighted by Crippen LogP contribution is 2.08. The van der Waals surface area contributed by atoms with E-state index < -0.39 is 15.7 Å². The Balaban J connectivity index is 0.00000121.